The van der Waals surface area contributed by atoms with Crippen LogP contribution in [0.1, 0.15) is 0 Å². The average molecular weight is 247 g/mol. The quantitative estimate of drug-likeness (QED) is 0.829. The Morgan fingerprint density at radius 3 is 2.78 bits per heavy atom. The van der Waals surface area contributed by atoms with Crippen LogP contribution in [0.15, 0.2) is 36.4 Å². The van der Waals surface area contributed by atoms with E-state index in [-0.39, 0.29) is 12.5 Å². The van der Waals surface area contributed by atoms with Gasteiger partial charge in [-0.15, -0.1) is 0 Å². The number of nitrogens with two attached hydrogens (primary N) is 1. The molecule has 0 aromatic heterocycles. The second kappa shape index (κ2) is 4.10. The summed E-state index contributed by atoms with van der Waals surface area (Å²) in [6.07, 6.45) is 0. The second-order valence-electron chi connectivity index (χ2n) is 3.80. The van der Waals surface area contributed by atoms with E-state index in [0.29, 0.717) is 22.9 Å². The van der Waals surface area contributed by atoms with Crippen molar-refractivity contribution in [2.24, 2.45) is 0 Å². The summed E-state index contributed by atoms with van der Waals surface area (Å²) in [5.41, 5.74) is 6.07. The van der Waals surface area contributed by atoms with Gasteiger partial charge in [-0.25, -0.2) is 4.39 Å². The fourth-order valence-corrected chi connectivity index (χ4v) is 1.66. The lowest BCUT2D eigenvalue weighted by molar-refractivity contribution is 0.174. The van der Waals surface area contributed by atoms with Crippen molar-refractivity contribution in [3.8, 4) is 23.0 Å². The summed E-state index contributed by atoms with van der Waals surface area (Å²) in [6.45, 7) is 0.195. The zero-order valence-electron chi connectivity index (χ0n) is 9.35. The van der Waals surface area contributed by atoms with Crippen LogP contribution in [-0.2, 0) is 0 Å². The number of rotatable bonds is 2. The van der Waals surface area contributed by atoms with Gasteiger partial charge in [-0.2, -0.15) is 0 Å². The monoisotopic (exact) mass is 247 g/mol. The van der Waals surface area contributed by atoms with Gasteiger partial charge >= 0.3 is 0 Å². The smallest absolute Gasteiger partial charge is 0.231 e. The minimum Gasteiger partial charge on any atom is -0.455 e. The molecule has 3 rings (SSSR count). The lowest BCUT2D eigenvalue weighted by atomic mass is 10.2. The van der Waals surface area contributed by atoms with Crippen molar-refractivity contribution in [2.75, 3.05) is 12.5 Å². The number of hydrogen-bond donors (Lipinski definition) is 1. The van der Waals surface area contributed by atoms with Crippen molar-refractivity contribution in [3.05, 3.63) is 42.2 Å². The molecular formula is C13H10FNO3. The molecule has 1 heterocycles. The Balaban J connectivity index is 1.90. The first-order chi connectivity index (χ1) is 8.72. The Morgan fingerprint density at radius 2 is 1.89 bits per heavy atom. The highest BCUT2D eigenvalue weighted by Gasteiger charge is 2.14. The molecule has 2 N–H and O–H groups in total. The van der Waals surface area contributed by atoms with E-state index < -0.39 is 5.82 Å². The minimum atomic E-state index is -0.403. The number of ether oxygens (including phenoxy) is 3. The molecule has 92 valence electrons. The first-order valence-electron chi connectivity index (χ1n) is 5.35. The molecule has 18 heavy (non-hydrogen) atoms. The van der Waals surface area contributed by atoms with Gasteiger partial charge in [0, 0.05) is 12.1 Å². The largest absolute Gasteiger partial charge is 0.455 e. The van der Waals surface area contributed by atoms with Crippen LogP contribution in [0.2, 0.25) is 0 Å². The minimum absolute atomic E-state index is 0.195. The van der Waals surface area contributed by atoms with Gasteiger partial charge in [0.1, 0.15) is 11.6 Å². The molecule has 1 aliphatic heterocycles. The molecular weight excluding hydrogens is 237 g/mol. The third kappa shape index (κ3) is 1.90. The number of benzene rings is 2. The highest BCUT2D eigenvalue weighted by Crippen LogP contribution is 2.37. The van der Waals surface area contributed by atoms with Crippen LogP contribution in [0.25, 0.3) is 0 Å². The van der Waals surface area contributed by atoms with Gasteiger partial charge < -0.3 is 19.9 Å². The molecule has 0 bridgehead atoms. The summed E-state index contributed by atoms with van der Waals surface area (Å²) < 4.78 is 29.0. The Labute approximate surface area is 103 Å². The van der Waals surface area contributed by atoms with Gasteiger partial charge in [-0.3, -0.25) is 0 Å². The van der Waals surface area contributed by atoms with Crippen LogP contribution in [0.4, 0.5) is 10.1 Å². The van der Waals surface area contributed by atoms with Gasteiger partial charge in [0.15, 0.2) is 17.2 Å². The van der Waals surface area contributed by atoms with Crippen LogP contribution in [-0.4, -0.2) is 6.79 Å². The second-order valence-corrected chi connectivity index (χ2v) is 3.80. The maximum atomic E-state index is 13.1. The number of hydrogen-bond acceptors (Lipinski definition) is 4. The molecule has 2 aromatic carbocycles. The molecule has 0 saturated carbocycles. The molecule has 0 spiro atoms. The maximum absolute atomic E-state index is 13.1. The number of anilines is 1. The fraction of sp³-hybridized carbons (Fsp3) is 0.0769. The number of halogens is 1. The predicted octanol–water partition coefficient (Wildman–Crippen LogP) is 2.93. The summed E-state index contributed by atoms with van der Waals surface area (Å²) in [4.78, 5) is 0. The van der Waals surface area contributed by atoms with E-state index in [0.717, 1.165) is 0 Å². The summed E-state index contributed by atoms with van der Waals surface area (Å²) in [7, 11) is 0. The van der Waals surface area contributed by atoms with E-state index >= 15 is 0 Å². The molecule has 0 saturated heterocycles. The maximum Gasteiger partial charge on any atom is 0.231 e. The number of fused-ring (bicyclic) bond motifs is 1. The summed E-state index contributed by atoms with van der Waals surface area (Å²) >= 11 is 0. The standard InChI is InChI=1S/C13H10FNO3/c14-8-1-3-10(15)12(5-8)18-9-2-4-11-13(6-9)17-7-16-11/h1-6H,7,15H2. The van der Waals surface area contributed by atoms with E-state index in [1.165, 1.54) is 18.2 Å². The van der Waals surface area contributed by atoms with Crippen molar-refractivity contribution in [3.63, 3.8) is 0 Å². The lowest BCUT2D eigenvalue weighted by Gasteiger charge is -2.08. The van der Waals surface area contributed by atoms with E-state index in [2.05, 4.69) is 0 Å². The molecule has 0 aliphatic carbocycles. The molecule has 4 nitrogen and oxygen atoms in total. The predicted molar refractivity (Wildman–Crippen MR) is 63.5 cm³/mol. The van der Waals surface area contributed by atoms with Gasteiger partial charge in [0.2, 0.25) is 6.79 Å². The molecule has 0 atom stereocenters. The molecule has 0 fully saturated rings. The summed E-state index contributed by atoms with van der Waals surface area (Å²) in [5.74, 6) is 1.64. The number of nitrogen functional groups attached to an aromatic ring is 1. The molecule has 2 aromatic rings. The van der Waals surface area contributed by atoms with Crippen molar-refractivity contribution < 1.29 is 18.6 Å². The Kier molecular flexibility index (Phi) is 2.44. The van der Waals surface area contributed by atoms with E-state index in [1.54, 1.807) is 18.2 Å². The van der Waals surface area contributed by atoms with Gasteiger partial charge in [0.05, 0.1) is 5.69 Å². The van der Waals surface area contributed by atoms with Crippen LogP contribution in [0.3, 0.4) is 0 Å². The molecule has 1 aliphatic rings. The fourth-order valence-electron chi connectivity index (χ4n) is 1.66. The molecule has 5 heteroatoms. The summed E-state index contributed by atoms with van der Waals surface area (Å²) in [5, 5.41) is 0. The zero-order chi connectivity index (χ0) is 12.5. The highest BCUT2D eigenvalue weighted by atomic mass is 19.1. The van der Waals surface area contributed by atoms with Crippen molar-refractivity contribution in [1.29, 1.82) is 0 Å². The van der Waals surface area contributed by atoms with Crippen molar-refractivity contribution in [1.82, 2.24) is 0 Å². The Hall–Kier alpha value is -2.43. The Bertz CT molecular complexity index is 601. The lowest BCUT2D eigenvalue weighted by Crippen LogP contribution is -1.93. The van der Waals surface area contributed by atoms with Crippen LogP contribution >= 0.6 is 0 Å². The third-order valence-electron chi connectivity index (χ3n) is 2.55. The van der Waals surface area contributed by atoms with E-state index in [4.69, 9.17) is 19.9 Å². The van der Waals surface area contributed by atoms with Gasteiger partial charge in [-0.1, -0.05) is 0 Å². The normalized spacial score (nSPS) is 12.5. The first kappa shape index (κ1) is 10.7. The van der Waals surface area contributed by atoms with Gasteiger partial charge in [-0.05, 0) is 24.3 Å². The molecule has 0 radical (unpaired) electrons. The van der Waals surface area contributed by atoms with Crippen LogP contribution in [0, 0.1) is 5.82 Å². The Morgan fingerprint density at radius 1 is 1.06 bits per heavy atom. The van der Waals surface area contributed by atoms with Crippen LogP contribution < -0.4 is 19.9 Å². The SMILES string of the molecule is Nc1ccc(F)cc1Oc1ccc2c(c1)OCO2. The van der Waals surface area contributed by atoms with E-state index in [9.17, 15) is 4.39 Å². The van der Waals surface area contributed by atoms with Crippen LogP contribution in [0.5, 0.6) is 23.0 Å². The van der Waals surface area contributed by atoms with Gasteiger partial charge in [0.25, 0.3) is 0 Å². The summed E-state index contributed by atoms with van der Waals surface area (Å²) in [6, 6.07) is 9.08. The highest BCUT2D eigenvalue weighted by molar-refractivity contribution is 5.55. The molecule has 0 amide bonds. The van der Waals surface area contributed by atoms with Crippen molar-refractivity contribution >= 4 is 5.69 Å². The molecule has 0 unspecified atom stereocenters. The van der Waals surface area contributed by atoms with E-state index in [1.807, 2.05) is 0 Å². The topological polar surface area (TPSA) is 53.7 Å². The third-order valence-corrected chi connectivity index (χ3v) is 2.55. The first-order valence-corrected chi connectivity index (χ1v) is 5.35. The van der Waals surface area contributed by atoms with Crippen molar-refractivity contribution in [2.45, 2.75) is 0 Å². The average Bonchev–Trinajstić information content (AvgIpc) is 2.81. The zero-order valence-corrected chi connectivity index (χ0v) is 9.35.